The van der Waals surface area contributed by atoms with Crippen molar-refractivity contribution in [3.8, 4) is 0 Å². The van der Waals surface area contributed by atoms with Crippen molar-refractivity contribution < 1.29 is 0 Å². The Labute approximate surface area is 150 Å². The first-order valence-electron chi connectivity index (χ1n) is 8.00. The summed E-state index contributed by atoms with van der Waals surface area (Å²) in [6, 6.07) is 15.7. The Morgan fingerprint density at radius 1 is 1.00 bits per heavy atom. The van der Waals surface area contributed by atoms with Crippen LogP contribution in [0.5, 0.6) is 0 Å². The van der Waals surface area contributed by atoms with E-state index >= 15 is 0 Å². The van der Waals surface area contributed by atoms with Crippen molar-refractivity contribution in [3.05, 3.63) is 82.8 Å². The number of anilines is 1. The second-order valence-corrected chi connectivity index (χ2v) is 6.22. The number of pyridine rings is 1. The number of hydrogen-bond donors (Lipinski definition) is 2. The number of rotatable bonds is 5. The number of halogens is 1. The van der Waals surface area contributed by atoms with E-state index in [9.17, 15) is 0 Å². The summed E-state index contributed by atoms with van der Waals surface area (Å²) in [7, 11) is 0. The molecule has 0 radical (unpaired) electrons. The van der Waals surface area contributed by atoms with E-state index in [0.29, 0.717) is 6.54 Å². The predicted octanol–water partition coefficient (Wildman–Crippen LogP) is 4.21. The minimum Gasteiger partial charge on any atom is -0.365 e. The number of nitrogens with zero attached hydrogens (tertiary/aromatic N) is 3. The van der Waals surface area contributed by atoms with Crippen molar-refractivity contribution in [2.75, 3.05) is 5.32 Å². The molecule has 4 rings (SSSR count). The largest absolute Gasteiger partial charge is 0.365 e. The van der Waals surface area contributed by atoms with Crippen LogP contribution >= 0.6 is 11.6 Å². The summed E-state index contributed by atoms with van der Waals surface area (Å²) in [6.45, 7) is 0.680. The zero-order valence-electron chi connectivity index (χ0n) is 13.4. The number of fused-ring (bicyclic) bond motifs is 1. The Morgan fingerprint density at radius 3 is 2.68 bits per heavy atom. The van der Waals surface area contributed by atoms with Gasteiger partial charge in [0.1, 0.15) is 11.5 Å². The minimum absolute atomic E-state index is 0.680. The fraction of sp³-hybridized carbons (Fsp3) is 0.105. The first-order chi connectivity index (χ1) is 12.3. The van der Waals surface area contributed by atoms with Crippen LogP contribution in [-0.2, 0) is 13.0 Å². The maximum Gasteiger partial charge on any atom is 0.148 e. The molecule has 0 unspecified atom stereocenters. The molecule has 3 heterocycles. The van der Waals surface area contributed by atoms with Crippen molar-refractivity contribution >= 4 is 28.5 Å². The number of nitrogens with one attached hydrogen (secondary N) is 2. The Kier molecular flexibility index (Phi) is 4.31. The Balaban J connectivity index is 1.42. The summed E-state index contributed by atoms with van der Waals surface area (Å²) < 4.78 is 0. The van der Waals surface area contributed by atoms with Gasteiger partial charge in [-0.05, 0) is 47.5 Å². The fourth-order valence-corrected chi connectivity index (χ4v) is 2.82. The summed E-state index contributed by atoms with van der Waals surface area (Å²) >= 11 is 5.89. The van der Waals surface area contributed by atoms with Crippen LogP contribution in [0.3, 0.4) is 0 Å². The molecule has 0 bridgehead atoms. The molecule has 6 heteroatoms. The Hall–Kier alpha value is -2.92. The second kappa shape index (κ2) is 6.91. The van der Waals surface area contributed by atoms with Gasteiger partial charge in [-0.3, -0.25) is 0 Å². The highest BCUT2D eigenvalue weighted by molar-refractivity contribution is 6.30. The van der Waals surface area contributed by atoms with Crippen LogP contribution in [0.2, 0.25) is 5.02 Å². The van der Waals surface area contributed by atoms with E-state index < -0.39 is 0 Å². The quantitative estimate of drug-likeness (QED) is 0.566. The summed E-state index contributed by atoms with van der Waals surface area (Å²) in [4.78, 5) is 7.49. The molecular formula is C19H16ClN5. The first kappa shape index (κ1) is 15.6. The zero-order valence-corrected chi connectivity index (χ0v) is 14.2. The lowest BCUT2D eigenvalue weighted by atomic mass is 10.1. The number of benzene rings is 1. The lowest BCUT2D eigenvalue weighted by molar-refractivity contribution is 0.930. The van der Waals surface area contributed by atoms with Gasteiger partial charge in [0.05, 0.1) is 5.69 Å². The molecule has 124 valence electrons. The molecule has 0 aliphatic heterocycles. The van der Waals surface area contributed by atoms with Gasteiger partial charge < -0.3 is 10.3 Å². The highest BCUT2D eigenvalue weighted by Crippen LogP contribution is 2.18. The number of H-pyrrole nitrogens is 1. The lowest BCUT2D eigenvalue weighted by Gasteiger charge is -2.06. The molecule has 4 aromatic rings. The minimum atomic E-state index is 0.680. The summed E-state index contributed by atoms with van der Waals surface area (Å²) in [5.74, 6) is 0.749. The lowest BCUT2D eigenvalue weighted by Crippen LogP contribution is -2.03. The van der Waals surface area contributed by atoms with Gasteiger partial charge in [-0.2, -0.15) is 5.10 Å². The molecule has 0 saturated heterocycles. The molecule has 0 spiro atoms. The molecule has 0 saturated carbocycles. The molecule has 25 heavy (non-hydrogen) atoms. The van der Waals surface area contributed by atoms with Crippen LogP contribution in [0, 0.1) is 0 Å². The standard InChI is InChI=1S/C19H16ClN5/c20-15-5-3-13(4-6-15)11-22-18-8-7-16(24-25-18)10-14-12-23-19-17(14)2-1-9-21-19/h1-9,12H,10-11H2,(H,21,23)(H,22,25). The van der Waals surface area contributed by atoms with Gasteiger partial charge in [-0.15, -0.1) is 5.10 Å². The Morgan fingerprint density at radius 2 is 1.88 bits per heavy atom. The van der Waals surface area contributed by atoms with Crippen molar-refractivity contribution in [2.24, 2.45) is 0 Å². The van der Waals surface area contributed by atoms with Gasteiger partial charge in [0.2, 0.25) is 0 Å². The summed E-state index contributed by atoms with van der Waals surface area (Å²) in [5.41, 5.74) is 4.12. The highest BCUT2D eigenvalue weighted by Gasteiger charge is 2.06. The van der Waals surface area contributed by atoms with Gasteiger partial charge >= 0.3 is 0 Å². The predicted molar refractivity (Wildman–Crippen MR) is 99.7 cm³/mol. The van der Waals surface area contributed by atoms with Crippen LogP contribution in [0.15, 0.2) is 60.9 Å². The maximum atomic E-state index is 5.89. The molecule has 0 fully saturated rings. The Bertz CT molecular complexity index is 977. The second-order valence-electron chi connectivity index (χ2n) is 5.78. The number of aromatic nitrogens is 4. The number of aromatic amines is 1. The van der Waals surface area contributed by atoms with E-state index in [-0.39, 0.29) is 0 Å². The third-order valence-corrected chi connectivity index (χ3v) is 4.27. The normalized spacial score (nSPS) is 10.9. The van der Waals surface area contributed by atoms with Crippen LogP contribution in [0.25, 0.3) is 11.0 Å². The smallest absolute Gasteiger partial charge is 0.148 e. The first-order valence-corrected chi connectivity index (χ1v) is 8.37. The van der Waals surface area contributed by atoms with Crippen LogP contribution in [0.4, 0.5) is 5.82 Å². The molecule has 5 nitrogen and oxygen atoms in total. The average Bonchev–Trinajstić information content (AvgIpc) is 3.06. The van der Waals surface area contributed by atoms with Crippen molar-refractivity contribution in [2.45, 2.75) is 13.0 Å². The van der Waals surface area contributed by atoms with Gasteiger partial charge in [0.15, 0.2) is 0 Å². The van der Waals surface area contributed by atoms with E-state index in [2.05, 4.69) is 31.5 Å². The van der Waals surface area contributed by atoms with E-state index in [1.807, 2.05) is 48.7 Å². The topological polar surface area (TPSA) is 66.5 Å². The van der Waals surface area contributed by atoms with E-state index in [1.165, 1.54) is 5.56 Å². The summed E-state index contributed by atoms with van der Waals surface area (Å²) in [6.07, 6.45) is 4.48. The van der Waals surface area contributed by atoms with Crippen LogP contribution in [-0.4, -0.2) is 20.2 Å². The van der Waals surface area contributed by atoms with Crippen LogP contribution in [0.1, 0.15) is 16.8 Å². The molecular weight excluding hydrogens is 334 g/mol. The van der Waals surface area contributed by atoms with Gasteiger partial charge in [0, 0.05) is 35.8 Å². The molecule has 0 aliphatic carbocycles. The van der Waals surface area contributed by atoms with Crippen molar-refractivity contribution in [3.63, 3.8) is 0 Å². The van der Waals surface area contributed by atoms with E-state index in [4.69, 9.17) is 11.6 Å². The molecule has 0 atom stereocenters. The van der Waals surface area contributed by atoms with Gasteiger partial charge in [-0.1, -0.05) is 23.7 Å². The van der Waals surface area contributed by atoms with Gasteiger partial charge in [-0.25, -0.2) is 4.98 Å². The zero-order chi connectivity index (χ0) is 17.1. The molecule has 3 aromatic heterocycles. The van der Waals surface area contributed by atoms with Crippen molar-refractivity contribution in [1.82, 2.24) is 20.2 Å². The maximum absolute atomic E-state index is 5.89. The molecule has 0 aliphatic rings. The van der Waals surface area contributed by atoms with Gasteiger partial charge in [0.25, 0.3) is 0 Å². The van der Waals surface area contributed by atoms with Crippen molar-refractivity contribution in [1.29, 1.82) is 0 Å². The van der Waals surface area contributed by atoms with E-state index in [0.717, 1.165) is 39.6 Å². The SMILES string of the molecule is Clc1ccc(CNc2ccc(Cc3c[nH]c4ncccc34)nn2)cc1. The van der Waals surface area contributed by atoms with Crippen LogP contribution < -0.4 is 5.32 Å². The fourth-order valence-electron chi connectivity index (χ4n) is 2.70. The molecule has 0 amide bonds. The average molecular weight is 350 g/mol. The highest BCUT2D eigenvalue weighted by atomic mass is 35.5. The number of hydrogen-bond acceptors (Lipinski definition) is 4. The molecule has 2 N–H and O–H groups in total. The molecule has 1 aromatic carbocycles. The van der Waals surface area contributed by atoms with E-state index in [1.54, 1.807) is 6.20 Å². The monoisotopic (exact) mass is 349 g/mol. The third-order valence-electron chi connectivity index (χ3n) is 4.02. The summed E-state index contributed by atoms with van der Waals surface area (Å²) in [5, 5.41) is 13.7. The third kappa shape index (κ3) is 3.61.